The van der Waals surface area contributed by atoms with Gasteiger partial charge in [-0.15, -0.1) is 11.8 Å². The largest absolute Gasteiger partial charge is 0.382 e. The number of aryl methyl sites for hydroxylation is 4. The number of nitrogens with two attached hydrogens (primary N) is 1. The quantitative estimate of drug-likeness (QED) is 0.324. The second-order valence-corrected chi connectivity index (χ2v) is 8.90. The average Bonchev–Trinajstić information content (AvgIpc) is 3.03. The number of nitrogen functional groups attached to an aromatic ring is 1. The molecule has 28 heavy (non-hydrogen) atoms. The van der Waals surface area contributed by atoms with Gasteiger partial charge in [0.05, 0.1) is 10.5 Å². The summed E-state index contributed by atoms with van der Waals surface area (Å²) in [6.45, 7) is 7.20. The Morgan fingerprint density at radius 2 is 1.89 bits per heavy atom. The first kappa shape index (κ1) is 21.3. The van der Waals surface area contributed by atoms with Crippen LogP contribution in [0.4, 0.5) is 5.82 Å². The molecule has 0 atom stereocenters. The van der Waals surface area contributed by atoms with E-state index in [0.29, 0.717) is 10.8 Å². The van der Waals surface area contributed by atoms with Crippen molar-refractivity contribution in [3.63, 3.8) is 0 Å². The van der Waals surface area contributed by atoms with Gasteiger partial charge >= 0.3 is 0 Å². The van der Waals surface area contributed by atoms with Crippen molar-refractivity contribution in [2.75, 3.05) is 11.5 Å². The van der Waals surface area contributed by atoms with Gasteiger partial charge in [0.15, 0.2) is 5.82 Å². The molecule has 3 rings (SSSR count). The van der Waals surface area contributed by atoms with Crippen LogP contribution in [0.25, 0.3) is 11.0 Å². The molecular weight excluding hydrogens is 411 g/mol. The number of unbranched alkanes of at least 4 members (excludes halogenated alkanes) is 2. The van der Waals surface area contributed by atoms with E-state index in [1.165, 1.54) is 5.56 Å². The molecule has 0 bridgehead atoms. The van der Waals surface area contributed by atoms with E-state index in [2.05, 4.69) is 23.4 Å². The molecule has 4 nitrogen and oxygen atoms in total. The van der Waals surface area contributed by atoms with E-state index in [1.54, 1.807) is 17.8 Å². The molecule has 7 heteroatoms. The molecule has 0 radical (unpaired) electrons. The van der Waals surface area contributed by atoms with E-state index < -0.39 is 0 Å². The minimum absolute atomic E-state index is 0.530. The summed E-state index contributed by atoms with van der Waals surface area (Å²) in [5, 5.41) is 1.40. The Kier molecular flexibility index (Phi) is 7.13. The topological polar surface area (TPSA) is 56.7 Å². The van der Waals surface area contributed by atoms with E-state index in [4.69, 9.17) is 33.9 Å². The lowest BCUT2D eigenvalue weighted by Gasteiger charge is -2.11. The summed E-state index contributed by atoms with van der Waals surface area (Å²) < 4.78 is 2.33. The summed E-state index contributed by atoms with van der Waals surface area (Å²) in [5.74, 6) is 2.66. The van der Waals surface area contributed by atoms with Crippen LogP contribution in [0.2, 0.25) is 10.0 Å². The number of rotatable bonds is 8. The number of thioether (sulfide) groups is 1. The Bertz CT molecular complexity index is 984. The first-order valence-electron chi connectivity index (χ1n) is 9.62. The fraction of sp³-hybridized carbons (Fsp3) is 0.429. The van der Waals surface area contributed by atoms with Crippen molar-refractivity contribution in [2.45, 2.75) is 57.9 Å². The Hall–Kier alpha value is -1.43. The molecule has 3 aromatic rings. The minimum Gasteiger partial charge on any atom is -0.382 e. The number of anilines is 1. The van der Waals surface area contributed by atoms with Crippen LogP contribution in [0.15, 0.2) is 23.1 Å². The van der Waals surface area contributed by atoms with Gasteiger partial charge in [-0.05, 0) is 56.2 Å². The molecule has 0 spiro atoms. The van der Waals surface area contributed by atoms with Gasteiger partial charge in [-0.2, -0.15) is 0 Å². The van der Waals surface area contributed by atoms with Crippen LogP contribution in [0.5, 0.6) is 0 Å². The lowest BCUT2D eigenvalue weighted by atomic mass is 10.2. The van der Waals surface area contributed by atoms with Crippen molar-refractivity contribution in [3.05, 3.63) is 45.3 Å². The predicted octanol–water partition coefficient (Wildman–Crippen LogP) is 6.46. The lowest BCUT2D eigenvalue weighted by molar-refractivity contribution is 0.595. The van der Waals surface area contributed by atoms with Crippen LogP contribution in [0.3, 0.4) is 0 Å². The molecule has 150 valence electrons. The lowest BCUT2D eigenvalue weighted by Crippen LogP contribution is -2.05. The summed E-state index contributed by atoms with van der Waals surface area (Å²) in [7, 11) is 0. The number of fused-ring (bicyclic) bond motifs is 1. The van der Waals surface area contributed by atoms with Gasteiger partial charge in [-0.25, -0.2) is 9.97 Å². The number of halogens is 2. The van der Waals surface area contributed by atoms with E-state index in [-0.39, 0.29) is 0 Å². The summed E-state index contributed by atoms with van der Waals surface area (Å²) in [6, 6.07) is 5.67. The Balaban J connectivity index is 1.59. The molecule has 0 unspecified atom stereocenters. The van der Waals surface area contributed by atoms with Crippen molar-refractivity contribution >= 4 is 51.8 Å². The van der Waals surface area contributed by atoms with Crippen molar-refractivity contribution in [1.29, 1.82) is 0 Å². The standard InChI is InChI=1S/C21H26Cl2N4S/c1-4-18-26-19-20(13(2)14(3)25-21(19)24)27(18)10-6-5-7-11-28-17-9-8-15(22)12-16(17)23/h8-9,12H,4-7,10-11H2,1-3H3,(H2,24,25). The highest BCUT2D eigenvalue weighted by atomic mass is 35.5. The number of imidazole rings is 1. The number of hydrogen-bond donors (Lipinski definition) is 1. The number of aromatic nitrogens is 3. The minimum atomic E-state index is 0.530. The zero-order valence-corrected chi connectivity index (χ0v) is 18.9. The van der Waals surface area contributed by atoms with Crippen LogP contribution < -0.4 is 5.73 Å². The van der Waals surface area contributed by atoms with Crippen molar-refractivity contribution < 1.29 is 0 Å². The highest BCUT2D eigenvalue weighted by molar-refractivity contribution is 7.99. The van der Waals surface area contributed by atoms with Gasteiger partial charge in [0, 0.05) is 28.6 Å². The maximum Gasteiger partial charge on any atom is 0.151 e. The normalized spacial score (nSPS) is 11.5. The third kappa shape index (κ3) is 4.58. The van der Waals surface area contributed by atoms with Gasteiger partial charge in [0.25, 0.3) is 0 Å². The molecule has 2 aromatic heterocycles. The fourth-order valence-electron chi connectivity index (χ4n) is 3.38. The highest BCUT2D eigenvalue weighted by Gasteiger charge is 2.16. The molecule has 0 aliphatic heterocycles. The molecule has 0 aliphatic carbocycles. The number of benzene rings is 1. The van der Waals surface area contributed by atoms with Crippen molar-refractivity contribution in [2.24, 2.45) is 0 Å². The van der Waals surface area contributed by atoms with Crippen molar-refractivity contribution in [1.82, 2.24) is 14.5 Å². The number of hydrogen-bond acceptors (Lipinski definition) is 4. The predicted molar refractivity (Wildman–Crippen MR) is 122 cm³/mol. The zero-order chi connectivity index (χ0) is 20.3. The number of pyridine rings is 1. The third-order valence-corrected chi connectivity index (χ3v) is 6.79. The molecule has 1 aromatic carbocycles. The summed E-state index contributed by atoms with van der Waals surface area (Å²) in [4.78, 5) is 10.3. The van der Waals surface area contributed by atoms with Crippen LogP contribution in [0.1, 0.15) is 43.3 Å². The van der Waals surface area contributed by atoms with E-state index in [9.17, 15) is 0 Å². The molecule has 0 fully saturated rings. The molecule has 0 amide bonds. The second-order valence-electron chi connectivity index (χ2n) is 6.92. The summed E-state index contributed by atoms with van der Waals surface area (Å²) in [5.41, 5.74) is 10.3. The van der Waals surface area contributed by atoms with E-state index in [1.807, 2.05) is 19.1 Å². The van der Waals surface area contributed by atoms with Crippen molar-refractivity contribution in [3.8, 4) is 0 Å². The Morgan fingerprint density at radius 3 is 2.61 bits per heavy atom. The zero-order valence-electron chi connectivity index (χ0n) is 16.6. The first-order chi connectivity index (χ1) is 13.4. The first-order valence-corrected chi connectivity index (χ1v) is 11.4. The SMILES string of the molecule is CCc1nc2c(N)nc(C)c(C)c2n1CCCCCSc1ccc(Cl)cc1Cl. The molecule has 2 N–H and O–H groups in total. The summed E-state index contributed by atoms with van der Waals surface area (Å²) >= 11 is 14.0. The van der Waals surface area contributed by atoms with Gasteiger partial charge in [-0.3, -0.25) is 0 Å². The van der Waals surface area contributed by atoms with Gasteiger partial charge in [-0.1, -0.05) is 36.5 Å². The fourth-order valence-corrected chi connectivity index (χ4v) is 4.88. The van der Waals surface area contributed by atoms with E-state index in [0.717, 1.165) is 70.5 Å². The van der Waals surface area contributed by atoms with Crippen LogP contribution in [-0.2, 0) is 13.0 Å². The molecule has 2 heterocycles. The Labute approximate surface area is 180 Å². The summed E-state index contributed by atoms with van der Waals surface area (Å²) in [6.07, 6.45) is 4.28. The molecule has 0 saturated carbocycles. The van der Waals surface area contributed by atoms with Crippen LogP contribution >= 0.6 is 35.0 Å². The second kappa shape index (κ2) is 9.38. The molecular formula is C21H26Cl2N4S. The monoisotopic (exact) mass is 436 g/mol. The van der Waals surface area contributed by atoms with Gasteiger partial charge in [0.1, 0.15) is 11.3 Å². The van der Waals surface area contributed by atoms with Gasteiger partial charge in [0.2, 0.25) is 0 Å². The molecule has 0 aliphatic rings. The maximum absolute atomic E-state index is 6.24. The third-order valence-electron chi connectivity index (χ3n) is 4.97. The van der Waals surface area contributed by atoms with Crippen LogP contribution in [-0.4, -0.2) is 20.3 Å². The molecule has 0 saturated heterocycles. The highest BCUT2D eigenvalue weighted by Crippen LogP contribution is 2.30. The maximum atomic E-state index is 6.24. The number of nitrogens with zero attached hydrogens (tertiary/aromatic N) is 3. The van der Waals surface area contributed by atoms with Gasteiger partial charge < -0.3 is 10.3 Å². The smallest absolute Gasteiger partial charge is 0.151 e. The van der Waals surface area contributed by atoms with E-state index >= 15 is 0 Å². The Morgan fingerprint density at radius 1 is 1.11 bits per heavy atom. The van der Waals surface area contributed by atoms with Crippen LogP contribution in [0, 0.1) is 13.8 Å². The average molecular weight is 437 g/mol.